The molecule has 0 N–H and O–H groups in total. The standard InChI is InChI=1S/C17H21NO3/c1-3-14(2)21-16-9-7-15(8-10-16)19-12-13-20-17-6-4-5-11-18-17/h4-11,14H,3,12-13H2,1-2H3. The van der Waals surface area contributed by atoms with Gasteiger partial charge in [0.15, 0.2) is 0 Å². The van der Waals surface area contributed by atoms with E-state index in [1.165, 1.54) is 0 Å². The Morgan fingerprint density at radius 2 is 1.67 bits per heavy atom. The van der Waals surface area contributed by atoms with E-state index in [1.807, 2.05) is 42.5 Å². The van der Waals surface area contributed by atoms with Crippen molar-refractivity contribution in [2.45, 2.75) is 26.4 Å². The van der Waals surface area contributed by atoms with Crippen LogP contribution in [-0.4, -0.2) is 24.3 Å². The molecule has 1 aromatic carbocycles. The molecule has 0 spiro atoms. The summed E-state index contributed by atoms with van der Waals surface area (Å²) < 4.78 is 16.8. The predicted molar refractivity (Wildman–Crippen MR) is 82.1 cm³/mol. The maximum absolute atomic E-state index is 5.71. The minimum Gasteiger partial charge on any atom is -0.491 e. The average molecular weight is 287 g/mol. The van der Waals surface area contributed by atoms with Crippen LogP contribution in [0, 0.1) is 0 Å². The van der Waals surface area contributed by atoms with Gasteiger partial charge in [-0.1, -0.05) is 13.0 Å². The number of rotatable bonds is 8. The van der Waals surface area contributed by atoms with Crippen LogP contribution in [0.3, 0.4) is 0 Å². The fourth-order valence-electron chi connectivity index (χ4n) is 1.67. The van der Waals surface area contributed by atoms with E-state index in [9.17, 15) is 0 Å². The molecule has 0 fully saturated rings. The zero-order chi connectivity index (χ0) is 14.9. The fraction of sp³-hybridized carbons (Fsp3) is 0.353. The van der Waals surface area contributed by atoms with E-state index in [-0.39, 0.29) is 6.10 Å². The van der Waals surface area contributed by atoms with Gasteiger partial charge in [0.1, 0.15) is 24.7 Å². The highest BCUT2D eigenvalue weighted by atomic mass is 16.5. The summed E-state index contributed by atoms with van der Waals surface area (Å²) in [5, 5.41) is 0. The van der Waals surface area contributed by atoms with Gasteiger partial charge in [-0.15, -0.1) is 0 Å². The van der Waals surface area contributed by atoms with Gasteiger partial charge in [0.2, 0.25) is 5.88 Å². The lowest BCUT2D eigenvalue weighted by atomic mass is 10.3. The highest BCUT2D eigenvalue weighted by molar-refractivity contribution is 5.31. The van der Waals surface area contributed by atoms with E-state index in [4.69, 9.17) is 14.2 Å². The summed E-state index contributed by atoms with van der Waals surface area (Å²) in [5.74, 6) is 2.27. The Morgan fingerprint density at radius 1 is 0.952 bits per heavy atom. The molecule has 4 heteroatoms. The smallest absolute Gasteiger partial charge is 0.213 e. The monoisotopic (exact) mass is 287 g/mol. The van der Waals surface area contributed by atoms with E-state index in [2.05, 4.69) is 18.8 Å². The SMILES string of the molecule is CCC(C)Oc1ccc(OCCOc2ccccn2)cc1. The minimum absolute atomic E-state index is 0.226. The Morgan fingerprint density at radius 3 is 2.33 bits per heavy atom. The zero-order valence-electron chi connectivity index (χ0n) is 12.5. The number of benzene rings is 1. The molecule has 2 rings (SSSR count). The Labute approximate surface area is 125 Å². The van der Waals surface area contributed by atoms with Crippen molar-refractivity contribution < 1.29 is 14.2 Å². The van der Waals surface area contributed by atoms with E-state index in [0.717, 1.165) is 17.9 Å². The lowest BCUT2D eigenvalue weighted by Gasteiger charge is -2.13. The summed E-state index contributed by atoms with van der Waals surface area (Å²) in [6.45, 7) is 5.09. The summed E-state index contributed by atoms with van der Waals surface area (Å²) in [6.07, 6.45) is 2.92. The lowest BCUT2D eigenvalue weighted by Crippen LogP contribution is -2.10. The minimum atomic E-state index is 0.226. The highest BCUT2D eigenvalue weighted by Gasteiger charge is 2.01. The maximum atomic E-state index is 5.71. The Hall–Kier alpha value is -2.23. The molecule has 1 unspecified atom stereocenters. The molecule has 2 aromatic rings. The number of pyridine rings is 1. The van der Waals surface area contributed by atoms with Crippen molar-refractivity contribution in [1.82, 2.24) is 4.98 Å². The van der Waals surface area contributed by atoms with Crippen LogP contribution in [0.1, 0.15) is 20.3 Å². The van der Waals surface area contributed by atoms with E-state index < -0.39 is 0 Å². The summed E-state index contributed by atoms with van der Waals surface area (Å²) in [4.78, 5) is 4.08. The molecule has 1 heterocycles. The maximum Gasteiger partial charge on any atom is 0.213 e. The van der Waals surface area contributed by atoms with Crippen molar-refractivity contribution >= 4 is 0 Å². The van der Waals surface area contributed by atoms with Crippen LogP contribution in [0.5, 0.6) is 17.4 Å². The van der Waals surface area contributed by atoms with Crippen molar-refractivity contribution in [3.05, 3.63) is 48.7 Å². The third-order valence-corrected chi connectivity index (χ3v) is 2.98. The normalized spacial score (nSPS) is 11.7. The summed E-state index contributed by atoms with van der Waals surface area (Å²) >= 11 is 0. The molecule has 4 nitrogen and oxygen atoms in total. The van der Waals surface area contributed by atoms with Crippen LogP contribution in [0.25, 0.3) is 0 Å². The highest BCUT2D eigenvalue weighted by Crippen LogP contribution is 2.19. The molecule has 0 amide bonds. The second-order valence-corrected chi connectivity index (χ2v) is 4.67. The second-order valence-electron chi connectivity index (χ2n) is 4.67. The van der Waals surface area contributed by atoms with E-state index >= 15 is 0 Å². The Balaban J connectivity index is 1.71. The van der Waals surface area contributed by atoms with Gasteiger partial charge in [0.25, 0.3) is 0 Å². The Bertz CT molecular complexity index is 513. The van der Waals surface area contributed by atoms with Gasteiger partial charge in [-0.25, -0.2) is 4.98 Å². The quantitative estimate of drug-likeness (QED) is 0.694. The number of aromatic nitrogens is 1. The molecule has 0 aliphatic carbocycles. The zero-order valence-corrected chi connectivity index (χ0v) is 12.5. The van der Waals surface area contributed by atoms with E-state index in [0.29, 0.717) is 19.1 Å². The first kappa shape index (κ1) is 15.2. The van der Waals surface area contributed by atoms with Crippen LogP contribution in [0.4, 0.5) is 0 Å². The molecule has 0 radical (unpaired) electrons. The fourth-order valence-corrected chi connectivity index (χ4v) is 1.67. The summed E-state index contributed by atoms with van der Waals surface area (Å²) in [5.41, 5.74) is 0. The average Bonchev–Trinajstić information content (AvgIpc) is 2.54. The first-order valence-corrected chi connectivity index (χ1v) is 7.21. The molecule has 0 saturated heterocycles. The van der Waals surface area contributed by atoms with Gasteiger partial charge in [0, 0.05) is 12.3 Å². The van der Waals surface area contributed by atoms with Gasteiger partial charge in [-0.3, -0.25) is 0 Å². The molecule has 0 aliphatic heterocycles. The third-order valence-electron chi connectivity index (χ3n) is 2.98. The van der Waals surface area contributed by atoms with Crippen LogP contribution in [-0.2, 0) is 0 Å². The predicted octanol–water partition coefficient (Wildman–Crippen LogP) is 3.72. The molecule has 1 atom stereocenters. The molecule has 0 bridgehead atoms. The molecule has 0 saturated carbocycles. The van der Waals surface area contributed by atoms with Crippen molar-refractivity contribution in [3.8, 4) is 17.4 Å². The van der Waals surface area contributed by atoms with Crippen molar-refractivity contribution in [3.63, 3.8) is 0 Å². The Kier molecular flexibility index (Phi) is 5.88. The van der Waals surface area contributed by atoms with Crippen molar-refractivity contribution in [2.75, 3.05) is 13.2 Å². The molecular weight excluding hydrogens is 266 g/mol. The van der Waals surface area contributed by atoms with Gasteiger partial charge in [-0.05, 0) is 43.7 Å². The first-order chi connectivity index (χ1) is 10.3. The van der Waals surface area contributed by atoms with Gasteiger partial charge >= 0.3 is 0 Å². The van der Waals surface area contributed by atoms with Crippen LogP contribution in [0.2, 0.25) is 0 Å². The summed E-state index contributed by atoms with van der Waals surface area (Å²) in [7, 11) is 0. The van der Waals surface area contributed by atoms with E-state index in [1.54, 1.807) is 6.20 Å². The molecule has 0 aliphatic rings. The largest absolute Gasteiger partial charge is 0.491 e. The summed E-state index contributed by atoms with van der Waals surface area (Å²) in [6, 6.07) is 13.2. The molecule has 1 aromatic heterocycles. The molecule has 112 valence electrons. The van der Waals surface area contributed by atoms with Crippen molar-refractivity contribution in [2.24, 2.45) is 0 Å². The number of nitrogens with zero attached hydrogens (tertiary/aromatic N) is 1. The van der Waals surface area contributed by atoms with Gasteiger partial charge < -0.3 is 14.2 Å². The van der Waals surface area contributed by atoms with Crippen molar-refractivity contribution in [1.29, 1.82) is 0 Å². The lowest BCUT2D eigenvalue weighted by molar-refractivity contribution is 0.209. The second kappa shape index (κ2) is 8.15. The number of hydrogen-bond acceptors (Lipinski definition) is 4. The van der Waals surface area contributed by atoms with Gasteiger partial charge in [-0.2, -0.15) is 0 Å². The molecular formula is C17H21NO3. The third kappa shape index (κ3) is 5.34. The van der Waals surface area contributed by atoms with Crippen LogP contribution < -0.4 is 14.2 Å². The number of hydrogen-bond donors (Lipinski definition) is 0. The molecule has 21 heavy (non-hydrogen) atoms. The first-order valence-electron chi connectivity index (χ1n) is 7.21. The van der Waals surface area contributed by atoms with Gasteiger partial charge in [0.05, 0.1) is 6.10 Å². The topological polar surface area (TPSA) is 40.6 Å². The van der Waals surface area contributed by atoms with Crippen LogP contribution in [0.15, 0.2) is 48.7 Å². The number of ether oxygens (including phenoxy) is 3. The van der Waals surface area contributed by atoms with Crippen LogP contribution >= 0.6 is 0 Å².